The van der Waals surface area contributed by atoms with Gasteiger partial charge in [-0.3, -0.25) is 0 Å². The second-order valence-electron chi connectivity index (χ2n) is 8.58. The van der Waals surface area contributed by atoms with Crippen molar-refractivity contribution in [3.8, 4) is 0 Å². The maximum atomic E-state index is 6.74. The molecule has 138 valence electrons. The SMILES string of the molecule is C[SiH](C)OCC1OC2(CCC3(OCCO3)C(C)(C)C2)c2ccccc21. The van der Waals surface area contributed by atoms with E-state index in [9.17, 15) is 0 Å². The number of benzene rings is 1. The lowest BCUT2D eigenvalue weighted by Crippen LogP contribution is -2.54. The zero-order valence-corrected chi connectivity index (χ0v) is 17.0. The number of fused-ring (bicyclic) bond motifs is 2. The first-order valence-corrected chi connectivity index (χ1v) is 12.3. The van der Waals surface area contributed by atoms with E-state index in [1.54, 1.807) is 0 Å². The molecule has 1 aliphatic carbocycles. The first-order valence-electron chi connectivity index (χ1n) is 9.54. The fourth-order valence-corrected chi connectivity index (χ4v) is 5.52. The Kier molecular flexibility index (Phi) is 4.36. The Labute approximate surface area is 152 Å². The summed E-state index contributed by atoms with van der Waals surface area (Å²) in [6, 6.07) is 8.69. The summed E-state index contributed by atoms with van der Waals surface area (Å²) in [5, 5.41) is 0. The molecule has 2 spiro atoms. The van der Waals surface area contributed by atoms with E-state index in [0.717, 1.165) is 19.3 Å². The molecule has 4 rings (SSSR count). The lowest BCUT2D eigenvalue weighted by molar-refractivity contribution is -0.281. The van der Waals surface area contributed by atoms with Gasteiger partial charge in [0, 0.05) is 11.8 Å². The van der Waals surface area contributed by atoms with Gasteiger partial charge in [0.2, 0.25) is 0 Å². The van der Waals surface area contributed by atoms with Gasteiger partial charge in [-0.15, -0.1) is 0 Å². The smallest absolute Gasteiger partial charge is 0.173 e. The van der Waals surface area contributed by atoms with E-state index in [-0.39, 0.29) is 17.1 Å². The van der Waals surface area contributed by atoms with Crippen LogP contribution in [0.1, 0.15) is 50.3 Å². The highest BCUT2D eigenvalue weighted by Crippen LogP contribution is 2.60. The average molecular weight is 363 g/mol. The van der Waals surface area contributed by atoms with Gasteiger partial charge in [0.05, 0.1) is 25.4 Å². The van der Waals surface area contributed by atoms with E-state index in [4.69, 9.17) is 18.6 Å². The molecule has 1 aromatic rings. The zero-order valence-electron chi connectivity index (χ0n) is 15.8. The summed E-state index contributed by atoms with van der Waals surface area (Å²) in [6.45, 7) is 11.0. The molecule has 2 aliphatic heterocycles. The van der Waals surface area contributed by atoms with Crippen molar-refractivity contribution in [1.29, 1.82) is 0 Å². The topological polar surface area (TPSA) is 36.9 Å². The van der Waals surface area contributed by atoms with Crippen LogP contribution in [-0.2, 0) is 24.2 Å². The monoisotopic (exact) mass is 362 g/mol. The minimum atomic E-state index is -1.06. The third-order valence-electron chi connectivity index (χ3n) is 6.12. The molecule has 3 aliphatic rings. The molecule has 25 heavy (non-hydrogen) atoms. The summed E-state index contributed by atoms with van der Waals surface area (Å²) in [6.07, 6.45) is 2.76. The van der Waals surface area contributed by atoms with Crippen molar-refractivity contribution in [3.63, 3.8) is 0 Å². The molecule has 0 aromatic heterocycles. The Hall–Kier alpha value is -0.723. The van der Waals surface area contributed by atoms with Crippen molar-refractivity contribution in [3.05, 3.63) is 35.4 Å². The summed E-state index contributed by atoms with van der Waals surface area (Å²) in [7, 11) is -1.06. The Bertz CT molecular complexity index is 638. The molecule has 2 heterocycles. The number of ether oxygens (including phenoxy) is 3. The van der Waals surface area contributed by atoms with Gasteiger partial charge in [0.25, 0.3) is 0 Å². The zero-order chi connectivity index (χ0) is 17.7. The van der Waals surface area contributed by atoms with Crippen LogP contribution in [0.5, 0.6) is 0 Å². The van der Waals surface area contributed by atoms with Crippen LogP contribution >= 0.6 is 0 Å². The number of hydrogen-bond donors (Lipinski definition) is 0. The van der Waals surface area contributed by atoms with Crippen LogP contribution < -0.4 is 0 Å². The molecule has 0 amide bonds. The van der Waals surface area contributed by atoms with Crippen LogP contribution in [-0.4, -0.2) is 34.6 Å². The molecule has 2 atom stereocenters. The fourth-order valence-electron chi connectivity index (χ4n) is 4.96. The molecular formula is C20H30O4Si. The van der Waals surface area contributed by atoms with Gasteiger partial charge < -0.3 is 18.6 Å². The van der Waals surface area contributed by atoms with Crippen molar-refractivity contribution in [2.45, 2.75) is 63.7 Å². The van der Waals surface area contributed by atoms with Crippen LogP contribution in [0.2, 0.25) is 13.1 Å². The molecule has 0 N–H and O–H groups in total. The van der Waals surface area contributed by atoms with Crippen molar-refractivity contribution in [2.24, 2.45) is 5.41 Å². The Balaban J connectivity index is 1.64. The molecule has 1 saturated carbocycles. The third-order valence-corrected chi connectivity index (χ3v) is 6.98. The molecule has 5 heteroatoms. The van der Waals surface area contributed by atoms with E-state index in [1.807, 2.05) is 0 Å². The quantitative estimate of drug-likeness (QED) is 0.764. The second-order valence-corrected chi connectivity index (χ2v) is 11.0. The van der Waals surface area contributed by atoms with Crippen LogP contribution in [0.4, 0.5) is 0 Å². The van der Waals surface area contributed by atoms with Crippen LogP contribution in [0.15, 0.2) is 24.3 Å². The third kappa shape index (κ3) is 2.81. The fraction of sp³-hybridized carbons (Fsp3) is 0.700. The Morgan fingerprint density at radius 1 is 1.12 bits per heavy atom. The molecule has 1 saturated heterocycles. The van der Waals surface area contributed by atoms with Gasteiger partial charge in [-0.25, -0.2) is 0 Å². The molecule has 0 radical (unpaired) electrons. The second kappa shape index (κ2) is 6.17. The van der Waals surface area contributed by atoms with Crippen molar-refractivity contribution in [1.82, 2.24) is 0 Å². The minimum Gasteiger partial charge on any atom is -0.418 e. The van der Waals surface area contributed by atoms with E-state index in [1.165, 1.54) is 11.1 Å². The largest absolute Gasteiger partial charge is 0.418 e. The van der Waals surface area contributed by atoms with Crippen LogP contribution in [0.3, 0.4) is 0 Å². The average Bonchev–Trinajstić information content (AvgIpc) is 3.15. The normalized spacial score (nSPS) is 32.6. The highest BCUT2D eigenvalue weighted by Gasteiger charge is 2.60. The minimum absolute atomic E-state index is 0.0429. The van der Waals surface area contributed by atoms with E-state index < -0.39 is 14.8 Å². The lowest BCUT2D eigenvalue weighted by atomic mass is 9.63. The predicted molar refractivity (Wildman–Crippen MR) is 99.0 cm³/mol. The molecule has 0 bridgehead atoms. The number of rotatable bonds is 3. The summed E-state index contributed by atoms with van der Waals surface area (Å²) in [4.78, 5) is 0. The van der Waals surface area contributed by atoms with Gasteiger partial charge in [-0.05, 0) is 37.1 Å². The maximum absolute atomic E-state index is 6.74. The van der Waals surface area contributed by atoms with E-state index in [2.05, 4.69) is 51.2 Å². The molecule has 2 unspecified atom stereocenters. The van der Waals surface area contributed by atoms with Crippen LogP contribution in [0.25, 0.3) is 0 Å². The molecule has 2 fully saturated rings. The van der Waals surface area contributed by atoms with E-state index in [0.29, 0.717) is 19.8 Å². The standard InChI is InChI=1S/C20H30O4Si/c1-18(2)14-19(9-10-20(18)21-11-12-22-20)16-8-6-5-7-15(16)17(24-19)13-23-25(3)4/h5-8,17,25H,9-14H2,1-4H3. The van der Waals surface area contributed by atoms with Gasteiger partial charge in [0.1, 0.15) is 6.10 Å². The van der Waals surface area contributed by atoms with Crippen molar-refractivity contribution < 1.29 is 18.6 Å². The van der Waals surface area contributed by atoms with Gasteiger partial charge in [-0.2, -0.15) is 0 Å². The summed E-state index contributed by atoms with van der Waals surface area (Å²) in [5.41, 5.74) is 2.30. The Morgan fingerprint density at radius 2 is 1.84 bits per heavy atom. The molecule has 1 aromatic carbocycles. The Morgan fingerprint density at radius 3 is 2.52 bits per heavy atom. The molecular weight excluding hydrogens is 332 g/mol. The molecule has 4 nitrogen and oxygen atoms in total. The maximum Gasteiger partial charge on any atom is 0.173 e. The lowest BCUT2D eigenvalue weighted by Gasteiger charge is -2.52. The van der Waals surface area contributed by atoms with Crippen molar-refractivity contribution >= 4 is 9.04 Å². The van der Waals surface area contributed by atoms with Gasteiger partial charge in [0.15, 0.2) is 14.8 Å². The van der Waals surface area contributed by atoms with Gasteiger partial charge in [-0.1, -0.05) is 38.1 Å². The summed E-state index contributed by atoms with van der Waals surface area (Å²) >= 11 is 0. The number of hydrogen-bond acceptors (Lipinski definition) is 4. The first-order chi connectivity index (χ1) is 11.9. The van der Waals surface area contributed by atoms with E-state index >= 15 is 0 Å². The highest BCUT2D eigenvalue weighted by molar-refractivity contribution is 6.48. The van der Waals surface area contributed by atoms with Crippen molar-refractivity contribution in [2.75, 3.05) is 19.8 Å². The predicted octanol–water partition coefficient (Wildman–Crippen LogP) is 3.91. The van der Waals surface area contributed by atoms with Crippen LogP contribution in [0, 0.1) is 5.41 Å². The first kappa shape index (κ1) is 17.7. The highest BCUT2D eigenvalue weighted by atomic mass is 28.3. The van der Waals surface area contributed by atoms with Gasteiger partial charge >= 0.3 is 0 Å². The summed E-state index contributed by atoms with van der Waals surface area (Å²) in [5.74, 6) is -0.448. The summed E-state index contributed by atoms with van der Waals surface area (Å²) < 4.78 is 25.0.